The lowest BCUT2D eigenvalue weighted by molar-refractivity contribution is -0.376. The van der Waals surface area contributed by atoms with E-state index in [1.807, 2.05) is 0 Å². The zero-order valence-electron chi connectivity index (χ0n) is 5.23. The van der Waals surface area contributed by atoms with Crippen LogP contribution in [0.3, 0.4) is 0 Å². The van der Waals surface area contributed by atoms with E-state index in [9.17, 15) is 0 Å². The van der Waals surface area contributed by atoms with Crippen molar-refractivity contribution in [3.05, 3.63) is 0 Å². The molecule has 0 bridgehead atoms. The molecule has 0 aliphatic heterocycles. The van der Waals surface area contributed by atoms with Gasteiger partial charge in [-0.25, -0.2) is 0 Å². The van der Waals surface area contributed by atoms with Gasteiger partial charge in [-0.2, -0.15) is 0 Å². The lowest BCUT2D eigenvalue weighted by atomic mass is 9.96. The molecule has 1 aliphatic carbocycles. The summed E-state index contributed by atoms with van der Waals surface area (Å²) in [5.74, 6) is 0. The molecular weight excluding hydrogens is 102 g/mol. The molecule has 0 aromatic carbocycles. The highest BCUT2D eigenvalue weighted by Crippen LogP contribution is 2.21. The third-order valence-corrected chi connectivity index (χ3v) is 1.55. The van der Waals surface area contributed by atoms with E-state index in [-0.39, 0.29) is 0 Å². The van der Waals surface area contributed by atoms with Crippen molar-refractivity contribution >= 4 is 0 Å². The molecule has 0 amide bonds. The summed E-state index contributed by atoms with van der Waals surface area (Å²) >= 11 is 0. The maximum Gasteiger partial charge on any atom is 0.0977 e. The smallest absolute Gasteiger partial charge is 0.0977 e. The predicted octanol–water partition coefficient (Wildman–Crippen LogP) is -0.203. The average Bonchev–Trinajstić information content (AvgIpc) is 1.63. The van der Waals surface area contributed by atoms with Gasteiger partial charge in [0.2, 0.25) is 0 Å². The van der Waals surface area contributed by atoms with Crippen molar-refractivity contribution in [2.75, 3.05) is 13.2 Å². The molecule has 0 radical (unpaired) electrons. The summed E-state index contributed by atoms with van der Waals surface area (Å²) in [6, 6.07) is 0. The fourth-order valence-corrected chi connectivity index (χ4v) is 0.787. The van der Waals surface area contributed by atoms with Crippen molar-refractivity contribution in [1.82, 2.24) is 0 Å². The minimum atomic E-state index is 0.594. The van der Waals surface area contributed by atoms with Crippen LogP contribution in [0.5, 0.6) is 0 Å². The Morgan fingerprint density at radius 2 is 2.25 bits per heavy atom. The number of quaternary nitrogens is 1. The molecule has 0 heterocycles. The van der Waals surface area contributed by atoms with Crippen LogP contribution in [-0.2, 0) is 4.74 Å². The van der Waals surface area contributed by atoms with Crippen LogP contribution in [-0.4, -0.2) is 19.3 Å². The van der Waals surface area contributed by atoms with E-state index in [2.05, 4.69) is 5.73 Å². The van der Waals surface area contributed by atoms with E-state index in [0.717, 1.165) is 13.2 Å². The minimum absolute atomic E-state index is 0.594. The molecule has 0 spiro atoms. The summed E-state index contributed by atoms with van der Waals surface area (Å²) in [4.78, 5) is 0. The van der Waals surface area contributed by atoms with Gasteiger partial charge in [0.15, 0.2) is 0 Å². The number of rotatable bonds is 3. The van der Waals surface area contributed by atoms with Crippen molar-refractivity contribution in [3.63, 3.8) is 0 Å². The molecule has 1 fully saturated rings. The van der Waals surface area contributed by atoms with Gasteiger partial charge in [0.05, 0.1) is 19.3 Å². The molecule has 2 nitrogen and oxygen atoms in total. The van der Waals surface area contributed by atoms with Crippen molar-refractivity contribution in [3.8, 4) is 0 Å². The van der Waals surface area contributed by atoms with E-state index < -0.39 is 0 Å². The average molecular weight is 116 g/mol. The van der Waals surface area contributed by atoms with Crippen LogP contribution >= 0.6 is 0 Å². The van der Waals surface area contributed by atoms with E-state index in [1.165, 1.54) is 19.3 Å². The van der Waals surface area contributed by atoms with Gasteiger partial charge in [-0.05, 0) is 19.3 Å². The van der Waals surface area contributed by atoms with E-state index >= 15 is 0 Å². The lowest BCUT2D eigenvalue weighted by Crippen LogP contribution is -2.52. The third-order valence-electron chi connectivity index (χ3n) is 1.55. The standard InChI is InChI=1S/C6H13NO/c7-4-5-8-6-2-1-3-6/h6H,1-5,7H2/p+1. The zero-order chi connectivity index (χ0) is 5.82. The van der Waals surface area contributed by atoms with Gasteiger partial charge in [0.1, 0.15) is 0 Å². The summed E-state index contributed by atoms with van der Waals surface area (Å²) in [6.45, 7) is 1.77. The van der Waals surface area contributed by atoms with E-state index in [4.69, 9.17) is 4.74 Å². The molecule has 3 N–H and O–H groups in total. The van der Waals surface area contributed by atoms with Crippen molar-refractivity contribution in [1.29, 1.82) is 0 Å². The number of ether oxygens (including phenoxy) is 1. The number of hydrogen-bond donors (Lipinski definition) is 1. The Hall–Kier alpha value is -0.0800. The fraction of sp³-hybridized carbons (Fsp3) is 1.00. The molecule has 1 rings (SSSR count). The molecule has 1 aliphatic rings. The first-order valence-corrected chi connectivity index (χ1v) is 3.34. The van der Waals surface area contributed by atoms with Gasteiger partial charge in [0, 0.05) is 0 Å². The molecule has 0 saturated heterocycles. The maximum atomic E-state index is 5.36. The van der Waals surface area contributed by atoms with Crippen LogP contribution in [0.2, 0.25) is 0 Å². The highest BCUT2D eigenvalue weighted by atomic mass is 16.5. The van der Waals surface area contributed by atoms with Crippen LogP contribution in [0.15, 0.2) is 0 Å². The van der Waals surface area contributed by atoms with Gasteiger partial charge in [-0.15, -0.1) is 0 Å². The minimum Gasteiger partial charge on any atom is -0.372 e. The third kappa shape index (κ3) is 1.46. The lowest BCUT2D eigenvalue weighted by Gasteiger charge is -2.24. The molecular formula is C6H14NO+. The molecule has 48 valence electrons. The van der Waals surface area contributed by atoms with Crippen LogP contribution in [0.25, 0.3) is 0 Å². The second kappa shape index (κ2) is 3.05. The Labute approximate surface area is 50.0 Å². The first-order chi connectivity index (χ1) is 3.93. The second-order valence-electron chi connectivity index (χ2n) is 2.28. The van der Waals surface area contributed by atoms with Crippen LogP contribution < -0.4 is 5.73 Å². The molecule has 0 unspecified atom stereocenters. The Kier molecular flexibility index (Phi) is 2.30. The Morgan fingerprint density at radius 3 is 2.62 bits per heavy atom. The molecule has 1 saturated carbocycles. The maximum absolute atomic E-state index is 5.36. The van der Waals surface area contributed by atoms with Crippen molar-refractivity contribution in [2.45, 2.75) is 25.4 Å². The first-order valence-electron chi connectivity index (χ1n) is 3.34. The zero-order valence-corrected chi connectivity index (χ0v) is 5.23. The topological polar surface area (TPSA) is 36.9 Å². The van der Waals surface area contributed by atoms with Crippen LogP contribution in [0, 0.1) is 0 Å². The van der Waals surface area contributed by atoms with Crippen LogP contribution in [0.1, 0.15) is 19.3 Å². The highest BCUT2D eigenvalue weighted by molar-refractivity contribution is 4.68. The second-order valence-corrected chi connectivity index (χ2v) is 2.28. The van der Waals surface area contributed by atoms with Crippen molar-refractivity contribution < 1.29 is 10.5 Å². The molecule has 2 heteroatoms. The van der Waals surface area contributed by atoms with Gasteiger partial charge in [0.25, 0.3) is 0 Å². The normalized spacial score (nSPS) is 20.6. The molecule has 0 atom stereocenters. The molecule has 0 aromatic heterocycles. The van der Waals surface area contributed by atoms with Gasteiger partial charge >= 0.3 is 0 Å². The van der Waals surface area contributed by atoms with Gasteiger partial charge < -0.3 is 10.5 Å². The Morgan fingerprint density at radius 1 is 1.50 bits per heavy atom. The monoisotopic (exact) mass is 116 g/mol. The van der Waals surface area contributed by atoms with Crippen molar-refractivity contribution in [2.24, 2.45) is 0 Å². The largest absolute Gasteiger partial charge is 0.372 e. The van der Waals surface area contributed by atoms with Gasteiger partial charge in [-0.3, -0.25) is 0 Å². The number of hydrogen-bond acceptors (Lipinski definition) is 1. The molecule has 0 aromatic rings. The van der Waals surface area contributed by atoms with E-state index in [1.54, 1.807) is 0 Å². The van der Waals surface area contributed by atoms with E-state index in [0.29, 0.717) is 6.10 Å². The first kappa shape index (κ1) is 6.05. The quantitative estimate of drug-likeness (QED) is 0.544. The summed E-state index contributed by atoms with van der Waals surface area (Å²) < 4.78 is 5.36. The predicted molar refractivity (Wildman–Crippen MR) is 31.3 cm³/mol. The Bertz CT molecular complexity index is 61.5. The van der Waals surface area contributed by atoms with Gasteiger partial charge in [-0.1, -0.05) is 0 Å². The SMILES string of the molecule is [NH3+]CCOC1CCC1. The summed E-state index contributed by atoms with van der Waals surface area (Å²) in [5, 5.41) is 0. The fourth-order valence-electron chi connectivity index (χ4n) is 0.787. The summed E-state index contributed by atoms with van der Waals surface area (Å²) in [7, 11) is 0. The summed E-state index contributed by atoms with van der Waals surface area (Å²) in [5.41, 5.74) is 3.69. The highest BCUT2D eigenvalue weighted by Gasteiger charge is 2.16. The summed E-state index contributed by atoms with van der Waals surface area (Å²) in [6.07, 6.45) is 4.51. The Balaban J connectivity index is 1.86. The van der Waals surface area contributed by atoms with Crippen LogP contribution in [0.4, 0.5) is 0 Å². The molecule has 8 heavy (non-hydrogen) atoms.